The summed E-state index contributed by atoms with van der Waals surface area (Å²) in [7, 11) is -5.78. The van der Waals surface area contributed by atoms with Crippen molar-refractivity contribution in [1.82, 2.24) is 0 Å². The molecule has 0 amide bonds. The van der Waals surface area contributed by atoms with Crippen LogP contribution in [0, 0.1) is 5.92 Å². The highest BCUT2D eigenvalue weighted by Gasteiger charge is 2.50. The molecule has 1 aliphatic heterocycles. The third-order valence-corrected chi connectivity index (χ3v) is 5.11. The maximum Gasteiger partial charge on any atom is 0.523 e. The highest BCUT2D eigenvalue weighted by Crippen LogP contribution is 2.35. The second kappa shape index (κ2) is 6.37. The Labute approximate surface area is 120 Å². The highest BCUT2D eigenvalue weighted by molar-refractivity contribution is 7.87. The van der Waals surface area contributed by atoms with Crippen molar-refractivity contribution in [2.24, 2.45) is 5.92 Å². The van der Waals surface area contributed by atoms with E-state index in [1.54, 1.807) is 0 Å². The fourth-order valence-electron chi connectivity index (χ4n) is 2.92. The molecule has 1 saturated heterocycles. The maximum absolute atomic E-state index is 13.6. The smallest absolute Gasteiger partial charge is 0.375 e. The molecule has 0 aromatic rings. The summed E-state index contributed by atoms with van der Waals surface area (Å²) >= 11 is 0. The molecule has 2 fully saturated rings. The first-order chi connectivity index (χ1) is 9.71. The Morgan fingerprint density at radius 1 is 1.10 bits per heavy atom. The van der Waals surface area contributed by atoms with Crippen LogP contribution in [-0.4, -0.2) is 38.9 Å². The van der Waals surface area contributed by atoms with Crippen LogP contribution in [0.15, 0.2) is 0 Å². The van der Waals surface area contributed by atoms with Gasteiger partial charge in [-0.3, -0.25) is 4.18 Å². The topological polar surface area (TPSA) is 52.6 Å². The first-order valence-corrected chi connectivity index (χ1v) is 8.37. The van der Waals surface area contributed by atoms with Crippen molar-refractivity contribution in [3.05, 3.63) is 0 Å². The van der Waals surface area contributed by atoms with Crippen LogP contribution in [-0.2, 0) is 19.0 Å². The Hall–Kier alpha value is -0.410. The van der Waals surface area contributed by atoms with Gasteiger partial charge in [-0.05, 0) is 18.8 Å². The first kappa shape index (κ1) is 17.0. The monoisotopic (exact) mass is 334 g/mol. The highest BCUT2D eigenvalue weighted by atomic mass is 32.2. The number of rotatable bonds is 3. The van der Waals surface area contributed by atoms with Gasteiger partial charge >= 0.3 is 15.6 Å². The normalized spacial score (nSPS) is 33.0. The molecule has 1 heterocycles. The van der Waals surface area contributed by atoms with Gasteiger partial charge in [0.15, 0.2) is 6.17 Å². The summed E-state index contributed by atoms with van der Waals surface area (Å²) < 4.78 is 81.9. The second-order valence-electron chi connectivity index (χ2n) is 5.56. The molecule has 4 nitrogen and oxygen atoms in total. The minimum absolute atomic E-state index is 0.131. The van der Waals surface area contributed by atoms with Crippen molar-refractivity contribution in [2.75, 3.05) is 6.61 Å². The molecule has 1 saturated carbocycles. The van der Waals surface area contributed by atoms with Crippen molar-refractivity contribution in [3.8, 4) is 0 Å². The lowest BCUT2D eigenvalue weighted by Crippen LogP contribution is -2.46. The number of ether oxygens (including phenoxy) is 1. The van der Waals surface area contributed by atoms with E-state index in [1.165, 1.54) is 0 Å². The van der Waals surface area contributed by atoms with Crippen LogP contribution in [0.1, 0.15) is 38.5 Å². The molecular formula is C12H18F4O4S. The Kier molecular flexibility index (Phi) is 5.15. The average Bonchev–Trinajstić information content (AvgIpc) is 2.41. The molecule has 0 aromatic carbocycles. The fourth-order valence-corrected chi connectivity index (χ4v) is 3.55. The van der Waals surface area contributed by atoms with Crippen molar-refractivity contribution >= 4 is 10.1 Å². The molecule has 3 atom stereocenters. The summed E-state index contributed by atoms with van der Waals surface area (Å²) in [6, 6.07) is 0. The van der Waals surface area contributed by atoms with Gasteiger partial charge in [-0.2, -0.15) is 21.6 Å². The zero-order valence-electron chi connectivity index (χ0n) is 11.3. The second-order valence-corrected chi connectivity index (χ2v) is 7.12. The third-order valence-electron chi connectivity index (χ3n) is 4.05. The summed E-state index contributed by atoms with van der Waals surface area (Å²) in [5, 5.41) is 0. The lowest BCUT2D eigenvalue weighted by atomic mass is 9.82. The van der Waals surface area contributed by atoms with E-state index < -0.39 is 40.6 Å². The van der Waals surface area contributed by atoms with E-state index >= 15 is 0 Å². The molecule has 9 heteroatoms. The summed E-state index contributed by atoms with van der Waals surface area (Å²) in [5.41, 5.74) is -5.54. The zero-order valence-corrected chi connectivity index (χ0v) is 12.1. The molecular weight excluding hydrogens is 316 g/mol. The van der Waals surface area contributed by atoms with Gasteiger partial charge in [0.2, 0.25) is 0 Å². The van der Waals surface area contributed by atoms with Crippen LogP contribution in [0.25, 0.3) is 0 Å². The minimum Gasteiger partial charge on any atom is -0.375 e. The molecule has 1 aliphatic carbocycles. The molecule has 21 heavy (non-hydrogen) atoms. The molecule has 2 aliphatic rings. The van der Waals surface area contributed by atoms with Gasteiger partial charge in [0, 0.05) is 6.42 Å². The van der Waals surface area contributed by atoms with Crippen molar-refractivity contribution < 1.29 is 34.9 Å². The minimum atomic E-state index is -5.78. The van der Waals surface area contributed by atoms with Crippen LogP contribution in [0.2, 0.25) is 0 Å². The van der Waals surface area contributed by atoms with Crippen LogP contribution >= 0.6 is 0 Å². The fraction of sp³-hybridized carbons (Fsp3) is 1.00. The number of alkyl halides is 4. The van der Waals surface area contributed by atoms with Crippen LogP contribution < -0.4 is 0 Å². The standard InChI is InChI=1S/C12H18F4O4S/c13-9-7-19-10(8-4-2-1-3-5-8)6-11(9)20-21(17,18)12(14,15)16/h8-11H,1-7H2/t9-,10+,11+/m1/s1. The van der Waals surface area contributed by atoms with Gasteiger partial charge in [-0.15, -0.1) is 0 Å². The van der Waals surface area contributed by atoms with Gasteiger partial charge in [0.25, 0.3) is 0 Å². The number of hydrogen-bond donors (Lipinski definition) is 0. The van der Waals surface area contributed by atoms with Crippen molar-refractivity contribution in [1.29, 1.82) is 0 Å². The third kappa shape index (κ3) is 4.07. The summed E-state index contributed by atoms with van der Waals surface area (Å²) in [5.74, 6) is 0.131. The zero-order chi connectivity index (χ0) is 15.7. The molecule has 0 N–H and O–H groups in total. The van der Waals surface area contributed by atoms with E-state index in [9.17, 15) is 26.0 Å². The average molecular weight is 334 g/mol. The molecule has 2 rings (SSSR count). The Morgan fingerprint density at radius 2 is 1.71 bits per heavy atom. The summed E-state index contributed by atoms with van der Waals surface area (Å²) in [6.07, 6.45) is 0.704. The lowest BCUT2D eigenvalue weighted by molar-refractivity contribution is -0.115. The quantitative estimate of drug-likeness (QED) is 0.452. The van der Waals surface area contributed by atoms with E-state index in [-0.39, 0.29) is 12.3 Å². The van der Waals surface area contributed by atoms with E-state index in [2.05, 4.69) is 4.18 Å². The first-order valence-electron chi connectivity index (χ1n) is 6.96. The summed E-state index contributed by atoms with van der Waals surface area (Å²) in [6.45, 7) is -0.431. The van der Waals surface area contributed by atoms with E-state index in [0.717, 1.165) is 32.1 Å². The van der Waals surface area contributed by atoms with Gasteiger partial charge in [-0.25, -0.2) is 4.39 Å². The maximum atomic E-state index is 13.6. The van der Waals surface area contributed by atoms with Crippen LogP contribution in [0.5, 0.6) is 0 Å². The number of hydrogen-bond acceptors (Lipinski definition) is 4. The SMILES string of the molecule is O=S(=O)(O[C@H]1C[C@@H](C2CCCCC2)OC[C@H]1F)C(F)(F)F. The Balaban J connectivity index is 2.01. The predicted octanol–water partition coefficient (Wildman–Crippen LogP) is 2.93. The van der Waals surface area contributed by atoms with Gasteiger partial charge in [0.1, 0.15) is 6.10 Å². The molecule has 0 radical (unpaired) electrons. The molecule has 0 bridgehead atoms. The van der Waals surface area contributed by atoms with E-state index in [4.69, 9.17) is 4.74 Å². The Bertz CT molecular complexity index is 445. The largest absolute Gasteiger partial charge is 0.523 e. The van der Waals surface area contributed by atoms with Gasteiger partial charge < -0.3 is 4.74 Å². The lowest BCUT2D eigenvalue weighted by Gasteiger charge is -2.37. The molecule has 0 unspecified atom stereocenters. The van der Waals surface area contributed by atoms with Gasteiger partial charge in [-0.1, -0.05) is 19.3 Å². The Morgan fingerprint density at radius 3 is 2.29 bits per heavy atom. The molecule has 0 spiro atoms. The van der Waals surface area contributed by atoms with Crippen LogP contribution in [0.4, 0.5) is 17.6 Å². The predicted molar refractivity (Wildman–Crippen MR) is 65.7 cm³/mol. The van der Waals surface area contributed by atoms with E-state index in [1.807, 2.05) is 0 Å². The van der Waals surface area contributed by atoms with Crippen LogP contribution in [0.3, 0.4) is 0 Å². The van der Waals surface area contributed by atoms with Gasteiger partial charge in [0.05, 0.1) is 12.7 Å². The van der Waals surface area contributed by atoms with Crippen molar-refractivity contribution in [3.63, 3.8) is 0 Å². The summed E-state index contributed by atoms with van der Waals surface area (Å²) in [4.78, 5) is 0. The van der Waals surface area contributed by atoms with Crippen molar-refractivity contribution in [2.45, 2.75) is 62.4 Å². The number of halogens is 4. The molecule has 124 valence electrons. The molecule has 0 aromatic heterocycles. The van der Waals surface area contributed by atoms with E-state index in [0.29, 0.717) is 0 Å².